The maximum Gasteiger partial charge on any atom is 0.101 e. The van der Waals surface area contributed by atoms with E-state index in [1.807, 2.05) is 0 Å². The fourth-order valence-electron chi connectivity index (χ4n) is 5.11. The van der Waals surface area contributed by atoms with Crippen molar-refractivity contribution < 1.29 is 9.47 Å². The monoisotopic (exact) mass is 236 g/mol. The van der Waals surface area contributed by atoms with Crippen molar-refractivity contribution in [1.29, 1.82) is 0 Å². The molecule has 0 N–H and O–H groups in total. The SMILES string of the molecule is C[C@H]1CC[C@@H]2O[C@@]23CC[C@@]2(C[C@]13C)OC2(C)C. The van der Waals surface area contributed by atoms with Crippen LogP contribution < -0.4 is 0 Å². The summed E-state index contributed by atoms with van der Waals surface area (Å²) in [6, 6.07) is 0. The molecule has 2 aliphatic heterocycles. The topological polar surface area (TPSA) is 25.1 Å². The van der Waals surface area contributed by atoms with Crippen molar-refractivity contribution >= 4 is 0 Å². The molecule has 0 radical (unpaired) electrons. The lowest BCUT2D eigenvalue weighted by Gasteiger charge is -2.49. The van der Waals surface area contributed by atoms with Gasteiger partial charge in [-0.25, -0.2) is 0 Å². The van der Waals surface area contributed by atoms with E-state index in [1.54, 1.807) is 0 Å². The molecule has 0 aromatic heterocycles. The van der Waals surface area contributed by atoms with Gasteiger partial charge in [-0.1, -0.05) is 13.8 Å². The van der Waals surface area contributed by atoms with Crippen molar-refractivity contribution in [1.82, 2.24) is 0 Å². The fraction of sp³-hybridized carbons (Fsp3) is 1.00. The molecule has 2 nitrogen and oxygen atoms in total. The van der Waals surface area contributed by atoms with E-state index in [1.165, 1.54) is 32.1 Å². The third kappa shape index (κ3) is 1.02. The van der Waals surface area contributed by atoms with Crippen molar-refractivity contribution in [3.05, 3.63) is 0 Å². The van der Waals surface area contributed by atoms with E-state index in [0.717, 1.165) is 5.92 Å². The summed E-state index contributed by atoms with van der Waals surface area (Å²) in [4.78, 5) is 0. The third-order valence-electron chi connectivity index (χ3n) is 6.79. The van der Waals surface area contributed by atoms with Crippen LogP contribution in [-0.4, -0.2) is 22.9 Å². The average molecular weight is 236 g/mol. The van der Waals surface area contributed by atoms with Crippen LogP contribution in [0.15, 0.2) is 0 Å². The van der Waals surface area contributed by atoms with Gasteiger partial charge in [0, 0.05) is 5.41 Å². The first-order valence-electron chi connectivity index (χ1n) is 7.23. The van der Waals surface area contributed by atoms with Crippen molar-refractivity contribution in [2.45, 2.75) is 82.7 Å². The fourth-order valence-corrected chi connectivity index (χ4v) is 5.11. The second kappa shape index (κ2) is 2.60. The maximum atomic E-state index is 6.18. The van der Waals surface area contributed by atoms with Crippen LogP contribution in [0.1, 0.15) is 59.8 Å². The molecule has 2 heteroatoms. The van der Waals surface area contributed by atoms with E-state index in [0.29, 0.717) is 11.5 Å². The highest BCUT2D eigenvalue weighted by molar-refractivity contribution is 5.27. The highest BCUT2D eigenvalue weighted by Gasteiger charge is 2.78. The van der Waals surface area contributed by atoms with Gasteiger partial charge < -0.3 is 9.47 Å². The second-order valence-electron chi connectivity index (χ2n) is 7.68. The molecule has 17 heavy (non-hydrogen) atoms. The van der Waals surface area contributed by atoms with Gasteiger partial charge in [-0.2, -0.15) is 0 Å². The van der Waals surface area contributed by atoms with Gasteiger partial charge in [-0.15, -0.1) is 0 Å². The molecule has 0 amide bonds. The van der Waals surface area contributed by atoms with Crippen LogP contribution in [-0.2, 0) is 9.47 Å². The Kier molecular flexibility index (Phi) is 1.65. The van der Waals surface area contributed by atoms with Crippen LogP contribution in [0.3, 0.4) is 0 Å². The molecule has 0 aromatic carbocycles. The van der Waals surface area contributed by atoms with Crippen molar-refractivity contribution in [2.75, 3.05) is 0 Å². The van der Waals surface area contributed by atoms with Gasteiger partial charge >= 0.3 is 0 Å². The third-order valence-corrected chi connectivity index (χ3v) is 6.79. The van der Waals surface area contributed by atoms with E-state index in [2.05, 4.69) is 27.7 Å². The highest BCUT2D eigenvalue weighted by atomic mass is 16.6. The molecule has 2 aliphatic carbocycles. The molecule has 0 aromatic rings. The van der Waals surface area contributed by atoms with Gasteiger partial charge in [-0.3, -0.25) is 0 Å². The Bertz CT molecular complexity index is 390. The summed E-state index contributed by atoms with van der Waals surface area (Å²) in [5.41, 5.74) is 0.869. The Morgan fingerprint density at radius 1 is 1.06 bits per heavy atom. The van der Waals surface area contributed by atoms with Crippen LogP contribution >= 0.6 is 0 Å². The van der Waals surface area contributed by atoms with Gasteiger partial charge in [0.05, 0.1) is 17.3 Å². The molecule has 2 saturated carbocycles. The van der Waals surface area contributed by atoms with E-state index < -0.39 is 0 Å². The molecule has 0 unspecified atom stereocenters. The van der Waals surface area contributed by atoms with Crippen molar-refractivity contribution in [2.24, 2.45) is 11.3 Å². The quantitative estimate of drug-likeness (QED) is 0.603. The standard InChI is InChI=1S/C15H24O2/c1-10-5-6-11-15(16-11)8-7-14(9-13(10,15)4)12(2,3)17-14/h10-11H,5-9H2,1-4H3/t10-,11-,13+,14-,15-/m0/s1. The number of hydrogen-bond donors (Lipinski definition) is 0. The minimum absolute atomic E-state index is 0.110. The molecular formula is C15H24O2. The second-order valence-corrected chi connectivity index (χ2v) is 7.68. The number of epoxide rings is 2. The Morgan fingerprint density at radius 2 is 1.76 bits per heavy atom. The predicted molar refractivity (Wildman–Crippen MR) is 65.9 cm³/mol. The zero-order valence-electron chi connectivity index (χ0n) is 11.5. The van der Waals surface area contributed by atoms with E-state index in [-0.39, 0.29) is 16.8 Å². The molecule has 2 spiro atoms. The zero-order valence-corrected chi connectivity index (χ0v) is 11.5. The predicted octanol–water partition coefficient (Wildman–Crippen LogP) is 3.29. The first kappa shape index (κ1) is 10.8. The number of ether oxygens (including phenoxy) is 2. The Labute approximate surface area is 104 Å². The maximum absolute atomic E-state index is 6.18. The van der Waals surface area contributed by atoms with Gasteiger partial charge in [0.1, 0.15) is 5.60 Å². The molecule has 4 fully saturated rings. The highest BCUT2D eigenvalue weighted by Crippen LogP contribution is 2.72. The zero-order chi connectivity index (χ0) is 12.1. The molecule has 0 bridgehead atoms. The average Bonchev–Trinajstić information content (AvgIpc) is 3.06. The van der Waals surface area contributed by atoms with Crippen LogP contribution in [0.25, 0.3) is 0 Å². The molecular weight excluding hydrogens is 212 g/mol. The molecule has 2 heterocycles. The lowest BCUT2D eigenvalue weighted by molar-refractivity contribution is -0.0244. The summed E-state index contributed by atoms with van der Waals surface area (Å²) in [6.07, 6.45) is 6.83. The summed E-state index contributed by atoms with van der Waals surface area (Å²) < 4.78 is 12.3. The summed E-state index contributed by atoms with van der Waals surface area (Å²) in [5.74, 6) is 0.776. The summed E-state index contributed by atoms with van der Waals surface area (Å²) >= 11 is 0. The largest absolute Gasteiger partial charge is 0.365 e. The number of rotatable bonds is 0. The molecule has 96 valence electrons. The lowest BCUT2D eigenvalue weighted by atomic mass is 9.52. The molecule has 4 aliphatic rings. The normalized spacial score (nSPS) is 62.8. The van der Waals surface area contributed by atoms with Gasteiger partial charge in [0.25, 0.3) is 0 Å². The molecule has 4 rings (SSSR count). The molecule has 5 atom stereocenters. The smallest absolute Gasteiger partial charge is 0.101 e. The van der Waals surface area contributed by atoms with Gasteiger partial charge in [0.2, 0.25) is 0 Å². The van der Waals surface area contributed by atoms with Crippen molar-refractivity contribution in [3.8, 4) is 0 Å². The first-order valence-corrected chi connectivity index (χ1v) is 7.23. The van der Waals surface area contributed by atoms with E-state index in [9.17, 15) is 0 Å². The van der Waals surface area contributed by atoms with Crippen LogP contribution in [0, 0.1) is 11.3 Å². The van der Waals surface area contributed by atoms with Crippen LogP contribution in [0.5, 0.6) is 0 Å². The molecule has 2 saturated heterocycles. The first-order chi connectivity index (χ1) is 7.85. The minimum Gasteiger partial charge on any atom is -0.365 e. The minimum atomic E-state index is 0.110. The summed E-state index contributed by atoms with van der Waals surface area (Å²) in [6.45, 7) is 9.41. The van der Waals surface area contributed by atoms with Crippen LogP contribution in [0.4, 0.5) is 0 Å². The summed E-state index contributed by atoms with van der Waals surface area (Å²) in [5, 5.41) is 0. The Hall–Kier alpha value is -0.0800. The van der Waals surface area contributed by atoms with Gasteiger partial charge in [-0.05, 0) is 51.9 Å². The lowest BCUT2D eigenvalue weighted by Crippen LogP contribution is -2.53. The Morgan fingerprint density at radius 3 is 2.41 bits per heavy atom. The van der Waals surface area contributed by atoms with Crippen LogP contribution in [0.2, 0.25) is 0 Å². The van der Waals surface area contributed by atoms with Crippen molar-refractivity contribution in [3.63, 3.8) is 0 Å². The van der Waals surface area contributed by atoms with Gasteiger partial charge in [0.15, 0.2) is 0 Å². The Balaban J connectivity index is 1.70. The van der Waals surface area contributed by atoms with E-state index in [4.69, 9.17) is 9.47 Å². The van der Waals surface area contributed by atoms with E-state index >= 15 is 0 Å². The summed E-state index contributed by atoms with van der Waals surface area (Å²) in [7, 11) is 0. The number of hydrogen-bond acceptors (Lipinski definition) is 2.